The van der Waals surface area contributed by atoms with Crippen LogP contribution in [-0.4, -0.2) is 33.3 Å². The molecule has 8 heteroatoms. The Hall–Kier alpha value is -3.26. The van der Waals surface area contributed by atoms with Crippen molar-refractivity contribution in [3.05, 3.63) is 52.2 Å². The van der Waals surface area contributed by atoms with Gasteiger partial charge in [-0.05, 0) is 30.0 Å². The summed E-state index contributed by atoms with van der Waals surface area (Å²) < 4.78 is 1.50. The summed E-state index contributed by atoms with van der Waals surface area (Å²) in [5.41, 5.74) is 9.06. The van der Waals surface area contributed by atoms with E-state index in [1.54, 1.807) is 17.6 Å². The summed E-state index contributed by atoms with van der Waals surface area (Å²) in [5, 5.41) is 9.45. The third kappa shape index (κ3) is 4.04. The van der Waals surface area contributed by atoms with Gasteiger partial charge in [-0.3, -0.25) is 4.79 Å². The molecule has 154 valence electrons. The molecule has 3 aromatic heterocycles. The average molecular weight is 421 g/mol. The van der Waals surface area contributed by atoms with Gasteiger partial charge in [0.15, 0.2) is 5.65 Å². The Balaban J connectivity index is 1.75. The van der Waals surface area contributed by atoms with Crippen LogP contribution in [0.5, 0.6) is 0 Å². The van der Waals surface area contributed by atoms with E-state index in [0.29, 0.717) is 28.8 Å². The van der Waals surface area contributed by atoms with Crippen LogP contribution in [0.25, 0.3) is 22.2 Å². The lowest BCUT2D eigenvalue weighted by molar-refractivity contribution is 0.0955. The highest BCUT2D eigenvalue weighted by molar-refractivity contribution is 7.11. The van der Waals surface area contributed by atoms with Crippen LogP contribution in [0.2, 0.25) is 0 Å². The number of thiophene rings is 1. The molecule has 0 aliphatic heterocycles. The lowest BCUT2D eigenvalue weighted by atomic mass is 10.2. The highest BCUT2D eigenvalue weighted by atomic mass is 32.1. The summed E-state index contributed by atoms with van der Waals surface area (Å²) in [5.74, 6) is -0.0113. The molecular formula is C22H24N6OS. The molecule has 1 amide bonds. The van der Waals surface area contributed by atoms with Crippen LogP contribution in [0.4, 0.5) is 5.82 Å². The van der Waals surface area contributed by atoms with E-state index < -0.39 is 0 Å². The number of fused-ring (bicyclic) bond motifs is 2. The van der Waals surface area contributed by atoms with Crippen LogP contribution in [0.15, 0.2) is 46.9 Å². The number of nitrogens with zero attached hydrogens (tertiary/aromatic N) is 4. The highest BCUT2D eigenvalue weighted by Crippen LogP contribution is 2.28. The van der Waals surface area contributed by atoms with Crippen LogP contribution in [0, 0.1) is 0 Å². The van der Waals surface area contributed by atoms with Crippen LogP contribution in [0.1, 0.15) is 47.8 Å². The standard InChI is InChI=1S/C22H24N6OS/c1-2-3-4-7-12-24-22(29)18-19-21(27-17-11-6-5-10-16(17)26-19)28(20(18)23)25-14-15-9-8-13-30-15/h5-6,8-11,13-14H,2-4,7,12,23H2,1H3,(H,24,29)/b25-14+. The van der Waals surface area contributed by atoms with E-state index >= 15 is 0 Å². The first-order chi connectivity index (χ1) is 14.7. The summed E-state index contributed by atoms with van der Waals surface area (Å²) in [6.07, 6.45) is 6.04. The molecule has 0 fully saturated rings. The van der Waals surface area contributed by atoms with Crippen molar-refractivity contribution >= 4 is 51.5 Å². The lowest BCUT2D eigenvalue weighted by Gasteiger charge is -2.05. The second-order valence-corrected chi connectivity index (χ2v) is 8.01. The fraction of sp³-hybridized carbons (Fsp3) is 0.273. The summed E-state index contributed by atoms with van der Waals surface area (Å²) in [7, 11) is 0. The van der Waals surface area contributed by atoms with Crippen molar-refractivity contribution < 1.29 is 4.79 Å². The zero-order valence-electron chi connectivity index (χ0n) is 16.8. The number of nitrogens with two attached hydrogens (primary N) is 1. The summed E-state index contributed by atoms with van der Waals surface area (Å²) >= 11 is 1.57. The number of hydrogen-bond acceptors (Lipinski definition) is 6. The number of para-hydroxylation sites is 2. The van der Waals surface area contributed by atoms with Gasteiger partial charge >= 0.3 is 0 Å². The van der Waals surface area contributed by atoms with Gasteiger partial charge in [0.25, 0.3) is 5.91 Å². The minimum absolute atomic E-state index is 0.235. The number of anilines is 1. The van der Waals surface area contributed by atoms with Gasteiger partial charge in [-0.15, -0.1) is 11.3 Å². The number of carbonyl (C=O) groups excluding carboxylic acids is 1. The van der Waals surface area contributed by atoms with Crippen LogP contribution < -0.4 is 11.1 Å². The van der Waals surface area contributed by atoms with Gasteiger partial charge in [0, 0.05) is 11.4 Å². The predicted octanol–water partition coefficient (Wildman–Crippen LogP) is 4.42. The molecule has 0 unspecified atom stereocenters. The monoisotopic (exact) mass is 420 g/mol. The van der Waals surface area contributed by atoms with Crippen LogP contribution in [-0.2, 0) is 0 Å². The van der Waals surface area contributed by atoms with Crippen LogP contribution >= 0.6 is 11.3 Å². The second-order valence-electron chi connectivity index (χ2n) is 7.03. The first-order valence-corrected chi connectivity index (χ1v) is 11.0. The molecule has 0 aliphatic rings. The molecule has 0 spiro atoms. The summed E-state index contributed by atoms with van der Waals surface area (Å²) in [4.78, 5) is 23.3. The number of hydrogen-bond donors (Lipinski definition) is 2. The molecule has 4 aromatic rings. The fourth-order valence-corrected chi connectivity index (χ4v) is 3.89. The molecule has 0 atom stereocenters. The van der Waals surface area contributed by atoms with Gasteiger partial charge in [0.05, 0.1) is 17.2 Å². The Morgan fingerprint density at radius 2 is 1.97 bits per heavy atom. The smallest absolute Gasteiger partial charge is 0.257 e. The minimum atomic E-state index is -0.247. The first kappa shape index (κ1) is 20.0. The molecule has 3 N–H and O–H groups in total. The van der Waals surface area contributed by atoms with Gasteiger partial charge in [0.2, 0.25) is 0 Å². The first-order valence-electron chi connectivity index (χ1n) is 10.1. The number of rotatable bonds is 8. The van der Waals surface area contributed by atoms with E-state index in [1.165, 1.54) is 4.68 Å². The fourth-order valence-electron chi connectivity index (χ4n) is 3.31. The Labute approximate surface area is 178 Å². The number of nitrogens with one attached hydrogen (secondary N) is 1. The number of amides is 1. The topological polar surface area (TPSA) is 98.2 Å². The molecule has 3 heterocycles. The molecule has 0 radical (unpaired) electrons. The van der Waals surface area contributed by atoms with Crippen molar-refractivity contribution in [3.8, 4) is 0 Å². The second kappa shape index (κ2) is 9.04. The quantitative estimate of drug-likeness (QED) is 0.326. The third-order valence-corrected chi connectivity index (χ3v) is 5.67. The van der Waals surface area contributed by atoms with E-state index in [9.17, 15) is 4.79 Å². The Morgan fingerprint density at radius 1 is 1.17 bits per heavy atom. The van der Waals surface area contributed by atoms with Gasteiger partial charge in [-0.2, -0.15) is 9.78 Å². The van der Waals surface area contributed by atoms with Crippen molar-refractivity contribution in [1.29, 1.82) is 0 Å². The molecule has 1 aromatic carbocycles. The molecular weight excluding hydrogens is 396 g/mol. The number of aromatic nitrogens is 3. The van der Waals surface area contributed by atoms with Crippen molar-refractivity contribution in [1.82, 2.24) is 20.0 Å². The van der Waals surface area contributed by atoms with Crippen molar-refractivity contribution in [3.63, 3.8) is 0 Å². The zero-order chi connectivity index (χ0) is 20.9. The molecule has 30 heavy (non-hydrogen) atoms. The number of carbonyl (C=O) groups is 1. The minimum Gasteiger partial charge on any atom is -0.383 e. The number of benzene rings is 1. The predicted molar refractivity (Wildman–Crippen MR) is 123 cm³/mol. The van der Waals surface area contributed by atoms with Crippen LogP contribution in [0.3, 0.4) is 0 Å². The van der Waals surface area contributed by atoms with E-state index in [2.05, 4.69) is 22.3 Å². The Bertz CT molecular complexity index is 1200. The maximum atomic E-state index is 13.0. The van der Waals surface area contributed by atoms with E-state index in [0.717, 1.165) is 36.1 Å². The third-order valence-electron chi connectivity index (χ3n) is 4.86. The van der Waals surface area contributed by atoms with E-state index in [1.807, 2.05) is 41.8 Å². The number of unbranched alkanes of at least 4 members (excludes halogenated alkanes) is 3. The van der Waals surface area contributed by atoms with Gasteiger partial charge in [-0.1, -0.05) is 44.4 Å². The molecule has 0 saturated heterocycles. The van der Waals surface area contributed by atoms with Gasteiger partial charge in [0.1, 0.15) is 16.9 Å². The zero-order valence-corrected chi connectivity index (χ0v) is 17.7. The maximum Gasteiger partial charge on any atom is 0.257 e. The van der Waals surface area contributed by atoms with Crippen molar-refractivity contribution in [2.24, 2.45) is 5.10 Å². The van der Waals surface area contributed by atoms with Crippen molar-refractivity contribution in [2.75, 3.05) is 12.3 Å². The lowest BCUT2D eigenvalue weighted by Crippen LogP contribution is -2.25. The Morgan fingerprint density at radius 3 is 2.70 bits per heavy atom. The van der Waals surface area contributed by atoms with Gasteiger partial charge in [-0.25, -0.2) is 9.97 Å². The molecule has 7 nitrogen and oxygen atoms in total. The molecule has 0 saturated carbocycles. The van der Waals surface area contributed by atoms with E-state index in [4.69, 9.17) is 10.7 Å². The highest BCUT2D eigenvalue weighted by Gasteiger charge is 2.23. The molecule has 0 aliphatic carbocycles. The molecule has 4 rings (SSSR count). The average Bonchev–Trinajstić information content (AvgIpc) is 3.36. The maximum absolute atomic E-state index is 13.0. The molecule has 0 bridgehead atoms. The normalized spacial score (nSPS) is 11.6. The van der Waals surface area contributed by atoms with Gasteiger partial charge < -0.3 is 11.1 Å². The Kier molecular flexibility index (Phi) is 6.04. The summed E-state index contributed by atoms with van der Waals surface area (Å²) in [6.45, 7) is 2.76. The largest absolute Gasteiger partial charge is 0.383 e. The van der Waals surface area contributed by atoms with Crippen molar-refractivity contribution in [2.45, 2.75) is 32.6 Å². The summed E-state index contributed by atoms with van der Waals surface area (Å²) in [6, 6.07) is 11.5. The SMILES string of the molecule is CCCCCCNC(=O)c1c(N)n(/N=C/c2cccs2)c2nc3ccccc3nc12. The van der Waals surface area contributed by atoms with E-state index in [-0.39, 0.29) is 11.7 Å². The number of nitrogen functional groups attached to an aromatic ring is 1.